The molecule has 198 valence electrons. The molecular weight excluding hydrogens is 472 g/mol. The Morgan fingerprint density at radius 1 is 0.556 bits per heavy atom. The number of carboxylic acid groups (broad SMARTS) is 4. The maximum Gasteiger partial charge on any atom is 0.336 e. The van der Waals surface area contributed by atoms with Crippen molar-refractivity contribution in [3.8, 4) is 0 Å². The molecule has 0 saturated carbocycles. The van der Waals surface area contributed by atoms with Gasteiger partial charge in [-0.15, -0.1) is 0 Å². The van der Waals surface area contributed by atoms with E-state index < -0.39 is 36.1 Å². The van der Waals surface area contributed by atoms with Gasteiger partial charge in [-0.2, -0.15) is 0 Å². The van der Waals surface area contributed by atoms with Crippen LogP contribution in [0.2, 0.25) is 0 Å². The van der Waals surface area contributed by atoms with Crippen molar-refractivity contribution in [2.45, 2.75) is 64.6 Å². The van der Waals surface area contributed by atoms with E-state index in [4.69, 9.17) is 20.4 Å². The van der Waals surface area contributed by atoms with E-state index in [1.807, 2.05) is 0 Å². The summed E-state index contributed by atoms with van der Waals surface area (Å²) in [5.41, 5.74) is -0.759. The zero-order chi connectivity index (χ0) is 27.7. The second kappa shape index (κ2) is 17.6. The fraction of sp³-hybridized carbons (Fsp3) is 0.385. The molecule has 0 aromatic heterocycles. The maximum atomic E-state index is 10.5. The molecule has 36 heavy (non-hydrogen) atoms. The summed E-state index contributed by atoms with van der Waals surface area (Å²) in [7, 11) is 0. The Bertz CT molecular complexity index is 841. The number of aliphatic hydroxyl groups is 2. The van der Waals surface area contributed by atoms with Gasteiger partial charge >= 0.3 is 23.9 Å². The van der Waals surface area contributed by atoms with Crippen molar-refractivity contribution in [3.63, 3.8) is 0 Å². The SMILES string of the molecule is CCCCC(O)C(O)CCCC.O=C(O)c1ccccc1C(=O)O.O=C(O)c1ccccc1C(=O)O. The van der Waals surface area contributed by atoms with Crippen molar-refractivity contribution in [1.29, 1.82) is 0 Å². The Labute approximate surface area is 209 Å². The predicted octanol–water partition coefficient (Wildman–Crippen LogP) is 4.25. The molecular formula is C26H34O10. The number of aromatic carboxylic acids is 4. The zero-order valence-corrected chi connectivity index (χ0v) is 20.3. The summed E-state index contributed by atoms with van der Waals surface area (Å²) in [5.74, 6) is -4.91. The third kappa shape index (κ3) is 12.1. The number of rotatable bonds is 11. The Hall–Kier alpha value is -3.76. The first-order valence-electron chi connectivity index (χ1n) is 11.4. The normalized spacial score (nSPS) is 11.6. The van der Waals surface area contributed by atoms with Gasteiger partial charge in [-0.05, 0) is 37.1 Å². The molecule has 2 aromatic carbocycles. The lowest BCUT2D eigenvalue weighted by atomic mass is 10.0. The molecule has 2 unspecified atom stereocenters. The van der Waals surface area contributed by atoms with Gasteiger partial charge in [0.25, 0.3) is 0 Å². The largest absolute Gasteiger partial charge is 0.478 e. The van der Waals surface area contributed by atoms with E-state index in [0.717, 1.165) is 38.5 Å². The molecule has 2 rings (SSSR count). The number of benzene rings is 2. The summed E-state index contributed by atoms with van der Waals surface area (Å²) in [6, 6.07) is 11.0. The lowest BCUT2D eigenvalue weighted by molar-refractivity contribution is 0.00764. The van der Waals surface area contributed by atoms with Crippen LogP contribution >= 0.6 is 0 Å². The Kier molecular flexibility index (Phi) is 15.8. The summed E-state index contributed by atoms with van der Waals surface area (Å²) in [6.45, 7) is 4.18. The fourth-order valence-electron chi connectivity index (χ4n) is 2.92. The first kappa shape index (κ1) is 32.2. The molecule has 6 N–H and O–H groups in total. The first-order chi connectivity index (χ1) is 17.0. The van der Waals surface area contributed by atoms with Crippen LogP contribution in [0.5, 0.6) is 0 Å². The molecule has 10 nitrogen and oxygen atoms in total. The Morgan fingerprint density at radius 2 is 0.778 bits per heavy atom. The Morgan fingerprint density at radius 3 is 0.944 bits per heavy atom. The highest BCUT2D eigenvalue weighted by Gasteiger charge is 2.15. The molecule has 2 atom stereocenters. The monoisotopic (exact) mass is 506 g/mol. The van der Waals surface area contributed by atoms with E-state index in [0.29, 0.717) is 0 Å². The number of carbonyl (C=O) groups is 4. The van der Waals surface area contributed by atoms with E-state index >= 15 is 0 Å². The highest BCUT2D eigenvalue weighted by molar-refractivity contribution is 6.02. The summed E-state index contributed by atoms with van der Waals surface area (Å²) >= 11 is 0. The van der Waals surface area contributed by atoms with Crippen LogP contribution in [0.15, 0.2) is 48.5 Å². The van der Waals surface area contributed by atoms with Crippen LogP contribution in [0.1, 0.15) is 93.8 Å². The minimum absolute atomic E-state index is 0.190. The van der Waals surface area contributed by atoms with E-state index in [2.05, 4.69) is 13.8 Å². The van der Waals surface area contributed by atoms with Crippen LogP contribution in [-0.2, 0) is 0 Å². The van der Waals surface area contributed by atoms with Gasteiger partial charge in [0.2, 0.25) is 0 Å². The van der Waals surface area contributed by atoms with Crippen molar-refractivity contribution in [2.24, 2.45) is 0 Å². The summed E-state index contributed by atoms with van der Waals surface area (Å²) in [5, 5.41) is 53.1. The van der Waals surface area contributed by atoms with Gasteiger partial charge in [-0.25, -0.2) is 19.2 Å². The third-order valence-electron chi connectivity index (χ3n) is 4.93. The second-order valence-electron chi connectivity index (χ2n) is 7.73. The zero-order valence-electron chi connectivity index (χ0n) is 20.3. The van der Waals surface area contributed by atoms with Crippen LogP contribution in [-0.4, -0.2) is 66.7 Å². The van der Waals surface area contributed by atoms with Crippen molar-refractivity contribution in [1.82, 2.24) is 0 Å². The minimum atomic E-state index is -1.23. The molecule has 0 aliphatic rings. The predicted molar refractivity (Wildman–Crippen MR) is 132 cm³/mol. The van der Waals surface area contributed by atoms with Crippen LogP contribution in [0.25, 0.3) is 0 Å². The number of hydrogen-bond donors (Lipinski definition) is 6. The summed E-state index contributed by atoms with van der Waals surface area (Å²) in [6.07, 6.45) is 4.64. The lowest BCUT2D eigenvalue weighted by Crippen LogP contribution is -2.25. The third-order valence-corrected chi connectivity index (χ3v) is 4.93. The quantitative estimate of drug-likeness (QED) is 0.257. The molecule has 2 aromatic rings. The number of hydrogen-bond acceptors (Lipinski definition) is 6. The molecule has 0 spiro atoms. The molecule has 0 aliphatic heterocycles. The highest BCUT2D eigenvalue weighted by Crippen LogP contribution is 2.11. The van der Waals surface area contributed by atoms with Gasteiger partial charge < -0.3 is 30.6 Å². The number of carboxylic acids is 4. The van der Waals surface area contributed by atoms with E-state index in [1.54, 1.807) is 0 Å². The topological polar surface area (TPSA) is 190 Å². The summed E-state index contributed by atoms with van der Waals surface area (Å²) in [4.78, 5) is 41.9. The smallest absolute Gasteiger partial charge is 0.336 e. The average Bonchev–Trinajstić information content (AvgIpc) is 2.86. The number of aliphatic hydroxyl groups excluding tert-OH is 2. The van der Waals surface area contributed by atoms with Crippen LogP contribution in [0.3, 0.4) is 0 Å². The van der Waals surface area contributed by atoms with Crippen molar-refractivity contribution < 1.29 is 49.8 Å². The molecule has 0 heterocycles. The van der Waals surface area contributed by atoms with Crippen molar-refractivity contribution >= 4 is 23.9 Å². The first-order valence-corrected chi connectivity index (χ1v) is 11.4. The van der Waals surface area contributed by atoms with Crippen LogP contribution in [0.4, 0.5) is 0 Å². The van der Waals surface area contributed by atoms with Gasteiger partial charge in [0.15, 0.2) is 0 Å². The molecule has 0 fully saturated rings. The molecule has 0 amide bonds. The molecule has 0 radical (unpaired) electrons. The van der Waals surface area contributed by atoms with Crippen molar-refractivity contribution in [3.05, 3.63) is 70.8 Å². The van der Waals surface area contributed by atoms with Gasteiger partial charge in [-0.3, -0.25) is 0 Å². The number of unbranched alkanes of at least 4 members (excludes halogenated alkanes) is 2. The van der Waals surface area contributed by atoms with E-state index in [1.165, 1.54) is 48.5 Å². The maximum absolute atomic E-state index is 10.5. The van der Waals surface area contributed by atoms with Gasteiger partial charge in [0.05, 0.1) is 34.5 Å². The Balaban J connectivity index is 0.000000510. The van der Waals surface area contributed by atoms with Gasteiger partial charge in [0.1, 0.15) is 0 Å². The average molecular weight is 507 g/mol. The standard InChI is InChI=1S/C10H22O2.2C8H6O4/c1-3-5-7-9(11)10(12)8-6-4-2;2*9-7(10)5-3-1-2-4-6(5)8(11)12/h9-12H,3-8H2,1-2H3;2*1-4H,(H,9,10)(H,11,12). The minimum Gasteiger partial charge on any atom is -0.478 e. The second-order valence-corrected chi connectivity index (χ2v) is 7.73. The van der Waals surface area contributed by atoms with Gasteiger partial charge in [0, 0.05) is 0 Å². The van der Waals surface area contributed by atoms with Crippen LogP contribution < -0.4 is 0 Å². The lowest BCUT2D eigenvalue weighted by Gasteiger charge is -2.16. The highest BCUT2D eigenvalue weighted by atomic mass is 16.4. The van der Waals surface area contributed by atoms with Gasteiger partial charge in [-0.1, -0.05) is 63.8 Å². The molecule has 0 aliphatic carbocycles. The van der Waals surface area contributed by atoms with Crippen LogP contribution in [0, 0.1) is 0 Å². The van der Waals surface area contributed by atoms with E-state index in [-0.39, 0.29) is 22.3 Å². The van der Waals surface area contributed by atoms with E-state index in [9.17, 15) is 29.4 Å². The van der Waals surface area contributed by atoms with Crippen molar-refractivity contribution in [2.75, 3.05) is 0 Å². The molecule has 10 heteroatoms. The molecule has 0 bridgehead atoms. The fourth-order valence-corrected chi connectivity index (χ4v) is 2.92. The molecule has 0 saturated heterocycles. The summed E-state index contributed by atoms with van der Waals surface area (Å²) < 4.78 is 0.